The molecule has 0 atom stereocenters. The van der Waals surface area contributed by atoms with Crippen molar-refractivity contribution in [2.45, 2.75) is 33.6 Å². The van der Waals surface area contributed by atoms with Gasteiger partial charge in [0.1, 0.15) is 6.33 Å². The lowest BCUT2D eigenvalue weighted by Gasteiger charge is -2.09. The van der Waals surface area contributed by atoms with Crippen molar-refractivity contribution in [1.29, 1.82) is 0 Å². The molecule has 122 valence electrons. The van der Waals surface area contributed by atoms with Crippen molar-refractivity contribution in [3.05, 3.63) is 40.7 Å². The Morgan fingerprint density at radius 3 is 2.83 bits per heavy atom. The number of hydrogen-bond acceptors (Lipinski definition) is 4. The fourth-order valence-electron chi connectivity index (χ4n) is 3.18. The molecular formula is C18H18N4OS. The van der Waals surface area contributed by atoms with Crippen LogP contribution >= 0.6 is 11.3 Å². The lowest BCUT2D eigenvalue weighted by molar-refractivity contribution is 0.102. The summed E-state index contributed by atoms with van der Waals surface area (Å²) in [5.41, 5.74) is 6.42. The van der Waals surface area contributed by atoms with Crippen LogP contribution in [0.15, 0.2) is 24.7 Å². The van der Waals surface area contributed by atoms with Crippen molar-refractivity contribution in [2.75, 3.05) is 0 Å². The third kappa shape index (κ3) is 2.17. The summed E-state index contributed by atoms with van der Waals surface area (Å²) in [5.74, 6) is 0.458. The number of carbonyl (C=O) groups is 1. The van der Waals surface area contributed by atoms with Crippen LogP contribution in [0.5, 0.6) is 0 Å². The van der Waals surface area contributed by atoms with Crippen LogP contribution in [0.2, 0.25) is 0 Å². The normalized spacial score (nSPS) is 11.9. The average Bonchev–Trinajstić information content (AvgIpc) is 3.19. The molecule has 0 bridgehead atoms. The van der Waals surface area contributed by atoms with E-state index >= 15 is 0 Å². The Hall–Kier alpha value is -2.47. The van der Waals surface area contributed by atoms with Crippen molar-refractivity contribution >= 4 is 33.0 Å². The van der Waals surface area contributed by atoms with Crippen LogP contribution in [0, 0.1) is 6.92 Å². The van der Waals surface area contributed by atoms with Crippen LogP contribution < -0.4 is 0 Å². The minimum atomic E-state index is 0.112. The van der Waals surface area contributed by atoms with Crippen molar-refractivity contribution in [2.24, 2.45) is 0 Å². The first-order valence-corrected chi connectivity index (χ1v) is 8.74. The van der Waals surface area contributed by atoms with Crippen LogP contribution in [-0.4, -0.2) is 25.4 Å². The molecule has 4 heterocycles. The summed E-state index contributed by atoms with van der Waals surface area (Å²) in [6.07, 6.45) is 3.57. The molecule has 1 N–H and O–H groups in total. The maximum absolute atomic E-state index is 11.7. The first kappa shape index (κ1) is 15.1. The molecule has 0 aliphatic rings. The van der Waals surface area contributed by atoms with Gasteiger partial charge in [-0.3, -0.25) is 4.79 Å². The second-order valence-corrected chi connectivity index (χ2v) is 7.47. The van der Waals surface area contributed by atoms with E-state index in [0.717, 1.165) is 32.9 Å². The predicted molar refractivity (Wildman–Crippen MR) is 97.0 cm³/mol. The molecule has 0 unspecified atom stereocenters. The molecule has 0 aromatic carbocycles. The first-order valence-electron chi connectivity index (χ1n) is 7.92. The van der Waals surface area contributed by atoms with Crippen LogP contribution in [-0.2, 0) is 0 Å². The van der Waals surface area contributed by atoms with Crippen LogP contribution in [0.3, 0.4) is 0 Å². The number of pyridine rings is 1. The quantitative estimate of drug-likeness (QED) is 0.556. The fraction of sp³-hybridized carbons (Fsp3) is 0.278. The summed E-state index contributed by atoms with van der Waals surface area (Å²) >= 11 is 1.57. The van der Waals surface area contributed by atoms with Gasteiger partial charge < -0.3 is 4.98 Å². The third-order valence-corrected chi connectivity index (χ3v) is 5.55. The SMILES string of the molecule is CC(=O)c1cc2[nH]c(-c3cc(C)c4ncnn4c3)c(C(C)C)c2s1. The zero-order valence-corrected chi connectivity index (χ0v) is 14.9. The summed E-state index contributed by atoms with van der Waals surface area (Å²) in [5, 5.41) is 4.27. The van der Waals surface area contributed by atoms with Crippen molar-refractivity contribution < 1.29 is 4.79 Å². The van der Waals surface area contributed by atoms with Gasteiger partial charge in [-0.25, -0.2) is 9.50 Å². The number of Topliss-reactive ketones (excluding diaryl/α,β-unsaturated/α-hetero) is 1. The average molecular weight is 338 g/mol. The number of ketones is 1. The molecule has 24 heavy (non-hydrogen) atoms. The molecule has 0 fully saturated rings. The molecule has 0 amide bonds. The Bertz CT molecular complexity index is 1080. The highest BCUT2D eigenvalue weighted by atomic mass is 32.1. The van der Waals surface area contributed by atoms with Crippen molar-refractivity contribution in [3.63, 3.8) is 0 Å². The van der Waals surface area contributed by atoms with Crippen molar-refractivity contribution in [3.8, 4) is 11.3 Å². The molecule has 6 heteroatoms. The van der Waals surface area contributed by atoms with E-state index in [4.69, 9.17) is 0 Å². The fourth-order valence-corrected chi connectivity index (χ4v) is 4.39. The minimum absolute atomic E-state index is 0.112. The van der Waals surface area contributed by atoms with Gasteiger partial charge in [0, 0.05) is 11.8 Å². The second-order valence-electron chi connectivity index (χ2n) is 6.42. The molecule has 4 aromatic heterocycles. The van der Waals surface area contributed by atoms with Crippen molar-refractivity contribution in [1.82, 2.24) is 19.6 Å². The van der Waals surface area contributed by atoms with Gasteiger partial charge in [-0.05, 0) is 43.0 Å². The number of aromatic amines is 1. The zero-order valence-electron chi connectivity index (χ0n) is 14.0. The molecule has 0 spiro atoms. The number of aromatic nitrogens is 4. The number of fused-ring (bicyclic) bond motifs is 2. The Morgan fingerprint density at radius 1 is 1.33 bits per heavy atom. The summed E-state index contributed by atoms with van der Waals surface area (Å²) < 4.78 is 2.98. The van der Waals surface area contributed by atoms with E-state index in [9.17, 15) is 4.79 Å². The van der Waals surface area contributed by atoms with E-state index < -0.39 is 0 Å². The van der Waals surface area contributed by atoms with E-state index in [1.807, 2.05) is 23.7 Å². The summed E-state index contributed by atoms with van der Waals surface area (Å²) in [4.78, 5) is 20.3. The van der Waals surface area contributed by atoms with Gasteiger partial charge in [-0.1, -0.05) is 13.8 Å². The molecule has 4 aromatic rings. The van der Waals surface area contributed by atoms with E-state index in [1.165, 1.54) is 10.3 Å². The summed E-state index contributed by atoms with van der Waals surface area (Å²) in [7, 11) is 0. The van der Waals surface area contributed by atoms with Gasteiger partial charge in [0.15, 0.2) is 11.4 Å². The Balaban J connectivity index is 1.99. The number of thiophene rings is 1. The van der Waals surface area contributed by atoms with E-state index in [2.05, 4.69) is 35.0 Å². The molecule has 0 radical (unpaired) electrons. The van der Waals surface area contributed by atoms with E-state index in [-0.39, 0.29) is 5.78 Å². The van der Waals surface area contributed by atoms with Gasteiger partial charge in [0.2, 0.25) is 0 Å². The van der Waals surface area contributed by atoms with E-state index in [0.29, 0.717) is 5.92 Å². The number of hydrogen-bond donors (Lipinski definition) is 1. The zero-order chi connectivity index (χ0) is 17.0. The maximum Gasteiger partial charge on any atom is 0.169 e. The molecule has 5 nitrogen and oxygen atoms in total. The van der Waals surface area contributed by atoms with E-state index in [1.54, 1.807) is 24.6 Å². The summed E-state index contributed by atoms with van der Waals surface area (Å²) in [6, 6.07) is 4.09. The predicted octanol–water partition coefficient (Wildman–Crippen LogP) is 4.57. The highest BCUT2D eigenvalue weighted by Gasteiger charge is 2.20. The highest BCUT2D eigenvalue weighted by molar-refractivity contribution is 7.21. The molecule has 0 saturated heterocycles. The molecule has 4 rings (SSSR count). The van der Waals surface area contributed by atoms with Gasteiger partial charge >= 0.3 is 0 Å². The third-order valence-electron chi connectivity index (χ3n) is 4.28. The number of nitrogens with zero attached hydrogens (tertiary/aromatic N) is 3. The highest BCUT2D eigenvalue weighted by Crippen LogP contribution is 2.40. The minimum Gasteiger partial charge on any atom is -0.354 e. The first-order chi connectivity index (χ1) is 11.5. The Morgan fingerprint density at radius 2 is 2.12 bits per heavy atom. The molecule has 0 aliphatic carbocycles. The lowest BCUT2D eigenvalue weighted by Crippen LogP contribution is -1.95. The van der Waals surface area contributed by atoms with Crippen LogP contribution in [0.25, 0.3) is 27.1 Å². The Kier molecular flexibility index (Phi) is 3.31. The number of aryl methyl sites for hydroxylation is 1. The second kappa shape index (κ2) is 5.27. The monoisotopic (exact) mass is 338 g/mol. The van der Waals surface area contributed by atoms with Crippen LogP contribution in [0.1, 0.15) is 47.5 Å². The molecule has 0 aliphatic heterocycles. The topological polar surface area (TPSA) is 63.0 Å². The largest absolute Gasteiger partial charge is 0.354 e. The standard InChI is InChI=1S/C18H18N4OS/c1-9(2)15-16(21-13-6-14(11(4)23)24-17(13)15)12-5-10(3)18-19-8-20-22(18)7-12/h5-9,21H,1-4H3. The van der Waals surface area contributed by atoms with Gasteiger partial charge in [0.25, 0.3) is 0 Å². The van der Waals surface area contributed by atoms with Gasteiger partial charge in [-0.2, -0.15) is 5.10 Å². The maximum atomic E-state index is 11.7. The van der Waals surface area contributed by atoms with Crippen LogP contribution in [0.4, 0.5) is 0 Å². The molecule has 0 saturated carbocycles. The lowest BCUT2D eigenvalue weighted by atomic mass is 9.99. The number of rotatable bonds is 3. The number of carbonyl (C=O) groups excluding carboxylic acids is 1. The van der Waals surface area contributed by atoms with Gasteiger partial charge in [0.05, 0.1) is 20.8 Å². The number of H-pyrrole nitrogens is 1. The van der Waals surface area contributed by atoms with Gasteiger partial charge in [-0.15, -0.1) is 11.3 Å². The summed E-state index contributed by atoms with van der Waals surface area (Å²) in [6.45, 7) is 8.02. The number of nitrogens with one attached hydrogen (secondary N) is 1. The molecular weight excluding hydrogens is 320 g/mol. The smallest absolute Gasteiger partial charge is 0.169 e. The Labute approximate surface area is 143 Å².